The molecular weight excluding hydrogens is 108 g/mol. The van der Waals surface area contributed by atoms with E-state index in [2.05, 4.69) is 37.6 Å². The van der Waals surface area contributed by atoms with Gasteiger partial charge < -0.3 is 0 Å². The quantitative estimate of drug-likeness (QED) is 0.487. The average Bonchev–Trinajstić information content (AvgIpc) is 1.90. The fraction of sp³-hybridized carbons (Fsp3) is 0.111. The third kappa shape index (κ3) is 0.663. The Morgan fingerprint density at radius 1 is 1.11 bits per heavy atom. The smallest absolute Gasteiger partial charge is 0.00184 e. The summed E-state index contributed by atoms with van der Waals surface area (Å²) < 4.78 is 0. The molecule has 0 amide bonds. The Morgan fingerprint density at radius 3 is 2.00 bits per heavy atom. The zero-order chi connectivity index (χ0) is 6.27. The molecule has 2 aliphatic carbocycles. The summed E-state index contributed by atoms with van der Waals surface area (Å²) in [5, 5.41) is 0. The first-order valence-corrected chi connectivity index (χ1v) is 3.14. The van der Waals surface area contributed by atoms with Crippen molar-refractivity contribution in [2.75, 3.05) is 0 Å². The van der Waals surface area contributed by atoms with Crippen LogP contribution in [-0.4, -0.2) is 0 Å². The third-order valence-electron chi connectivity index (χ3n) is 1.76. The highest BCUT2D eigenvalue weighted by molar-refractivity contribution is 5.40. The molecule has 0 heterocycles. The predicted octanol–water partition coefficient (Wildman–Crippen LogP) is 2.17. The molecule has 0 aromatic heterocycles. The van der Waals surface area contributed by atoms with Crippen LogP contribution in [0.4, 0.5) is 0 Å². The van der Waals surface area contributed by atoms with Crippen LogP contribution >= 0.6 is 0 Å². The van der Waals surface area contributed by atoms with Crippen LogP contribution in [0.3, 0.4) is 0 Å². The van der Waals surface area contributed by atoms with Crippen molar-refractivity contribution in [3.8, 4) is 0 Å². The largest absolute Gasteiger partial charge is 0.0585 e. The third-order valence-corrected chi connectivity index (χ3v) is 1.76. The Kier molecular flexibility index (Phi) is 0.895. The van der Waals surface area contributed by atoms with E-state index in [1.807, 2.05) is 0 Å². The fourth-order valence-corrected chi connectivity index (χ4v) is 1.18. The summed E-state index contributed by atoms with van der Waals surface area (Å²) in [5.74, 6) is 0.398. The van der Waals surface area contributed by atoms with Crippen LogP contribution in [0.2, 0.25) is 0 Å². The lowest BCUT2D eigenvalue weighted by molar-refractivity contribution is 0.968. The van der Waals surface area contributed by atoms with Crippen LogP contribution in [0.5, 0.6) is 0 Å². The Balaban J connectivity index is 2.59. The standard InChI is InChI=1S/C9H8/c1-7-6-8-2-4-9(7)5-3-8/h2-7H,1H2. The molecule has 1 unspecified atom stereocenters. The molecule has 3 rings (SSSR count). The maximum Gasteiger partial charge on any atom is -0.00184 e. The van der Waals surface area contributed by atoms with E-state index in [1.54, 1.807) is 0 Å². The maximum absolute atomic E-state index is 3.96. The summed E-state index contributed by atoms with van der Waals surface area (Å²) in [4.78, 5) is 0. The lowest BCUT2D eigenvalue weighted by Crippen LogP contribution is -2.01. The van der Waals surface area contributed by atoms with Crippen molar-refractivity contribution in [3.05, 3.63) is 48.7 Å². The van der Waals surface area contributed by atoms with Crippen molar-refractivity contribution in [2.45, 2.75) is 5.92 Å². The molecular formula is C9H8. The minimum Gasteiger partial charge on any atom is -0.0585 e. The van der Waals surface area contributed by atoms with E-state index in [4.69, 9.17) is 0 Å². The van der Waals surface area contributed by atoms with E-state index in [0.29, 0.717) is 5.92 Å². The van der Waals surface area contributed by atoms with Gasteiger partial charge in [0.1, 0.15) is 0 Å². The SMILES string of the molecule is [CH2]C1[CH]c2ccc1cc2. The summed E-state index contributed by atoms with van der Waals surface area (Å²) in [6, 6.07) is 8.51. The summed E-state index contributed by atoms with van der Waals surface area (Å²) >= 11 is 0. The highest BCUT2D eigenvalue weighted by Gasteiger charge is 2.11. The van der Waals surface area contributed by atoms with Gasteiger partial charge in [-0.15, -0.1) is 0 Å². The van der Waals surface area contributed by atoms with Crippen molar-refractivity contribution in [2.24, 2.45) is 0 Å². The summed E-state index contributed by atoms with van der Waals surface area (Å²) in [6.45, 7) is 3.96. The van der Waals surface area contributed by atoms with Crippen LogP contribution in [0.25, 0.3) is 0 Å². The van der Waals surface area contributed by atoms with Crippen LogP contribution in [0.15, 0.2) is 24.3 Å². The van der Waals surface area contributed by atoms with E-state index in [0.717, 1.165) is 0 Å². The molecule has 1 atom stereocenters. The number of hydrogen-bond acceptors (Lipinski definition) is 0. The van der Waals surface area contributed by atoms with Gasteiger partial charge in [0.2, 0.25) is 0 Å². The monoisotopic (exact) mass is 116 g/mol. The van der Waals surface area contributed by atoms with E-state index < -0.39 is 0 Å². The first-order chi connectivity index (χ1) is 4.36. The molecule has 1 aromatic rings. The molecule has 0 fully saturated rings. The number of benzene rings is 1. The topological polar surface area (TPSA) is 0 Å². The second-order valence-electron chi connectivity index (χ2n) is 2.44. The van der Waals surface area contributed by atoms with Gasteiger partial charge in [0, 0.05) is 0 Å². The highest BCUT2D eigenvalue weighted by Crippen LogP contribution is 2.27. The molecule has 2 bridgehead atoms. The molecule has 2 radical (unpaired) electrons. The summed E-state index contributed by atoms with van der Waals surface area (Å²) in [5.41, 5.74) is 2.62. The first kappa shape index (κ1) is 5.04. The van der Waals surface area contributed by atoms with Crippen molar-refractivity contribution in [1.29, 1.82) is 0 Å². The Bertz CT molecular complexity index is 208. The van der Waals surface area contributed by atoms with E-state index >= 15 is 0 Å². The van der Waals surface area contributed by atoms with Gasteiger partial charge in [-0.2, -0.15) is 0 Å². The van der Waals surface area contributed by atoms with Gasteiger partial charge in [0.15, 0.2) is 0 Å². The molecule has 0 saturated carbocycles. The Hall–Kier alpha value is -0.780. The van der Waals surface area contributed by atoms with Crippen molar-refractivity contribution in [3.63, 3.8) is 0 Å². The van der Waals surface area contributed by atoms with E-state index in [9.17, 15) is 0 Å². The molecule has 44 valence electrons. The lowest BCUT2D eigenvalue weighted by atomic mass is 9.87. The van der Waals surface area contributed by atoms with E-state index in [-0.39, 0.29) is 0 Å². The van der Waals surface area contributed by atoms with Crippen molar-refractivity contribution in [1.82, 2.24) is 0 Å². The highest BCUT2D eigenvalue weighted by atomic mass is 14.2. The minimum atomic E-state index is 0.398. The van der Waals surface area contributed by atoms with Crippen LogP contribution < -0.4 is 0 Å². The summed E-state index contributed by atoms with van der Waals surface area (Å²) in [6.07, 6.45) is 2.18. The zero-order valence-corrected chi connectivity index (χ0v) is 5.17. The van der Waals surface area contributed by atoms with Crippen LogP contribution in [-0.2, 0) is 0 Å². The molecule has 0 heteroatoms. The normalized spacial score (nSPS) is 22.6. The van der Waals surface area contributed by atoms with Crippen molar-refractivity contribution < 1.29 is 0 Å². The van der Waals surface area contributed by atoms with E-state index in [1.165, 1.54) is 11.1 Å². The Morgan fingerprint density at radius 2 is 1.78 bits per heavy atom. The average molecular weight is 116 g/mol. The van der Waals surface area contributed by atoms with Gasteiger partial charge >= 0.3 is 0 Å². The molecule has 9 heavy (non-hydrogen) atoms. The second kappa shape index (κ2) is 1.60. The first-order valence-electron chi connectivity index (χ1n) is 3.14. The molecule has 1 aromatic carbocycles. The molecule has 0 spiro atoms. The molecule has 0 saturated heterocycles. The lowest BCUT2D eigenvalue weighted by Gasteiger charge is -2.17. The van der Waals surface area contributed by atoms with Gasteiger partial charge in [0.25, 0.3) is 0 Å². The van der Waals surface area contributed by atoms with Crippen LogP contribution in [0, 0.1) is 13.3 Å². The van der Waals surface area contributed by atoms with Gasteiger partial charge in [-0.3, -0.25) is 0 Å². The Labute approximate surface area is 55.5 Å². The van der Waals surface area contributed by atoms with Crippen molar-refractivity contribution >= 4 is 0 Å². The molecule has 2 aliphatic rings. The van der Waals surface area contributed by atoms with Gasteiger partial charge in [-0.1, -0.05) is 24.3 Å². The number of hydrogen-bond donors (Lipinski definition) is 0. The number of rotatable bonds is 0. The van der Waals surface area contributed by atoms with Gasteiger partial charge in [-0.05, 0) is 30.4 Å². The molecule has 0 nitrogen and oxygen atoms in total. The minimum absolute atomic E-state index is 0.398. The van der Waals surface area contributed by atoms with Gasteiger partial charge in [-0.25, -0.2) is 0 Å². The van der Waals surface area contributed by atoms with Gasteiger partial charge in [0.05, 0.1) is 0 Å². The number of fused-ring (bicyclic) bond motifs is 3. The molecule has 0 aliphatic heterocycles. The molecule has 0 N–H and O–H groups in total. The maximum atomic E-state index is 3.96. The zero-order valence-electron chi connectivity index (χ0n) is 5.17. The summed E-state index contributed by atoms with van der Waals surface area (Å²) in [7, 11) is 0. The fourth-order valence-electron chi connectivity index (χ4n) is 1.18. The predicted molar refractivity (Wildman–Crippen MR) is 37.9 cm³/mol. The van der Waals surface area contributed by atoms with Crippen LogP contribution in [0.1, 0.15) is 17.0 Å². The second-order valence-corrected chi connectivity index (χ2v) is 2.44.